The van der Waals surface area contributed by atoms with E-state index in [-0.39, 0.29) is 10.8 Å². The smallest absolute Gasteiger partial charge is 0.408 e. The van der Waals surface area contributed by atoms with Gasteiger partial charge >= 0.3 is 12.1 Å². The van der Waals surface area contributed by atoms with Crippen LogP contribution in [0.2, 0.25) is 0 Å². The van der Waals surface area contributed by atoms with Gasteiger partial charge in [0.1, 0.15) is 11.6 Å². The van der Waals surface area contributed by atoms with Gasteiger partial charge < -0.3 is 19.9 Å². The molecule has 1 amide bonds. The number of methoxy groups -OCH3 is 1. The van der Waals surface area contributed by atoms with Crippen LogP contribution in [0.4, 0.5) is 4.79 Å². The van der Waals surface area contributed by atoms with Crippen LogP contribution in [-0.4, -0.2) is 42.5 Å². The highest BCUT2D eigenvalue weighted by Crippen LogP contribution is 2.76. The number of nitrogens with one attached hydrogen (secondary N) is 1. The third-order valence-corrected chi connectivity index (χ3v) is 4.76. The third kappa shape index (κ3) is 3.37. The van der Waals surface area contributed by atoms with Crippen LogP contribution in [0.5, 0.6) is 0 Å². The lowest BCUT2D eigenvalue weighted by Crippen LogP contribution is -2.71. The van der Waals surface area contributed by atoms with Crippen molar-refractivity contribution in [2.24, 2.45) is 10.8 Å². The van der Waals surface area contributed by atoms with E-state index in [1.807, 2.05) is 0 Å². The summed E-state index contributed by atoms with van der Waals surface area (Å²) in [5.74, 6) is -0.976. The maximum atomic E-state index is 11.9. The van der Waals surface area contributed by atoms with Gasteiger partial charge in [0, 0.05) is 19.1 Å². The molecule has 1 unspecified atom stereocenters. The molecule has 3 aliphatic carbocycles. The first-order valence-corrected chi connectivity index (χ1v) is 7.83. The van der Waals surface area contributed by atoms with Gasteiger partial charge in [0.15, 0.2) is 0 Å². The third-order valence-electron chi connectivity index (χ3n) is 4.76. The molecule has 3 rings (SSSR count). The summed E-state index contributed by atoms with van der Waals surface area (Å²) >= 11 is 0. The zero-order valence-corrected chi connectivity index (χ0v) is 13.9. The van der Waals surface area contributed by atoms with Crippen LogP contribution in [0, 0.1) is 10.8 Å². The molecule has 0 saturated heterocycles. The Morgan fingerprint density at radius 2 is 1.86 bits per heavy atom. The molecular formula is C16H27NO5. The predicted molar refractivity (Wildman–Crippen MR) is 80.6 cm³/mol. The van der Waals surface area contributed by atoms with Crippen molar-refractivity contribution in [3.63, 3.8) is 0 Å². The number of carbonyl (C=O) groups is 2. The van der Waals surface area contributed by atoms with Crippen molar-refractivity contribution >= 4 is 12.1 Å². The van der Waals surface area contributed by atoms with Gasteiger partial charge in [-0.2, -0.15) is 0 Å². The summed E-state index contributed by atoms with van der Waals surface area (Å²) in [6.07, 6.45) is 4.03. The Kier molecular flexibility index (Phi) is 4.44. The molecule has 126 valence electrons. The largest absolute Gasteiger partial charge is 0.480 e. The van der Waals surface area contributed by atoms with E-state index in [9.17, 15) is 14.7 Å². The van der Waals surface area contributed by atoms with Crippen LogP contribution in [0.15, 0.2) is 0 Å². The standard InChI is InChI=1S/C16H27NO5/c1-14(2,3)22-13(20)17-11(12(18)19)16-8-15(9-16,10-16)6-5-7-21-4/h11H,5-10H2,1-4H3,(H,17,20)(H,18,19). The Balaban J connectivity index is 1.88. The highest BCUT2D eigenvalue weighted by atomic mass is 16.6. The van der Waals surface area contributed by atoms with E-state index in [2.05, 4.69) is 5.32 Å². The van der Waals surface area contributed by atoms with Crippen molar-refractivity contribution in [1.29, 1.82) is 0 Å². The molecule has 0 aromatic heterocycles. The Bertz CT molecular complexity index is 434. The molecule has 0 radical (unpaired) electrons. The van der Waals surface area contributed by atoms with Crippen molar-refractivity contribution < 1.29 is 24.2 Å². The Morgan fingerprint density at radius 3 is 2.32 bits per heavy atom. The topological polar surface area (TPSA) is 84.9 Å². The lowest BCUT2D eigenvalue weighted by Gasteiger charge is -2.72. The first kappa shape index (κ1) is 17.1. The summed E-state index contributed by atoms with van der Waals surface area (Å²) in [6.45, 7) is 6.02. The summed E-state index contributed by atoms with van der Waals surface area (Å²) < 4.78 is 10.2. The van der Waals surface area contributed by atoms with Gasteiger partial charge in [0.2, 0.25) is 0 Å². The fourth-order valence-corrected chi connectivity index (χ4v) is 4.15. The van der Waals surface area contributed by atoms with Gasteiger partial charge in [0.25, 0.3) is 0 Å². The Morgan fingerprint density at radius 1 is 1.27 bits per heavy atom. The number of ether oxygens (including phenoxy) is 2. The average molecular weight is 313 g/mol. The highest BCUT2D eigenvalue weighted by molar-refractivity contribution is 5.81. The molecule has 0 aliphatic heterocycles. The molecule has 22 heavy (non-hydrogen) atoms. The summed E-state index contributed by atoms with van der Waals surface area (Å²) in [4.78, 5) is 23.4. The van der Waals surface area contributed by atoms with E-state index < -0.39 is 23.7 Å². The number of amides is 1. The Labute approximate surface area is 131 Å². The molecular weight excluding hydrogens is 286 g/mol. The van der Waals surface area contributed by atoms with Crippen LogP contribution >= 0.6 is 0 Å². The number of carbonyl (C=O) groups excluding carboxylic acids is 1. The minimum Gasteiger partial charge on any atom is -0.480 e. The fraction of sp³-hybridized carbons (Fsp3) is 0.875. The van der Waals surface area contributed by atoms with Crippen molar-refractivity contribution in [3.05, 3.63) is 0 Å². The average Bonchev–Trinajstić information content (AvgIpc) is 2.25. The molecule has 2 bridgehead atoms. The monoisotopic (exact) mass is 313 g/mol. The molecule has 6 heteroatoms. The normalized spacial score (nSPS) is 30.7. The van der Waals surface area contributed by atoms with E-state index in [4.69, 9.17) is 9.47 Å². The van der Waals surface area contributed by atoms with E-state index in [1.165, 1.54) is 0 Å². The van der Waals surface area contributed by atoms with E-state index in [1.54, 1.807) is 27.9 Å². The number of rotatable bonds is 7. The zero-order chi connectivity index (χ0) is 16.6. The molecule has 0 heterocycles. The number of aliphatic carboxylic acids is 1. The molecule has 1 atom stereocenters. The second-order valence-corrected chi connectivity index (χ2v) is 7.91. The van der Waals surface area contributed by atoms with Crippen LogP contribution in [-0.2, 0) is 14.3 Å². The second kappa shape index (κ2) is 5.72. The maximum absolute atomic E-state index is 11.9. The zero-order valence-electron chi connectivity index (χ0n) is 13.9. The van der Waals surface area contributed by atoms with Crippen molar-refractivity contribution in [3.8, 4) is 0 Å². The molecule has 6 nitrogen and oxygen atoms in total. The molecule has 3 fully saturated rings. The molecule has 3 aliphatic rings. The van der Waals surface area contributed by atoms with Gasteiger partial charge in [-0.25, -0.2) is 9.59 Å². The fourth-order valence-electron chi connectivity index (χ4n) is 4.15. The number of hydrogen-bond donors (Lipinski definition) is 2. The second-order valence-electron chi connectivity index (χ2n) is 7.91. The lowest BCUT2D eigenvalue weighted by atomic mass is 9.32. The number of hydrogen-bond acceptors (Lipinski definition) is 4. The maximum Gasteiger partial charge on any atom is 0.408 e. The van der Waals surface area contributed by atoms with Crippen molar-refractivity contribution in [2.45, 2.75) is 64.5 Å². The Hall–Kier alpha value is -1.30. The van der Waals surface area contributed by atoms with Crippen LogP contribution in [0.1, 0.15) is 52.9 Å². The van der Waals surface area contributed by atoms with Crippen molar-refractivity contribution in [1.82, 2.24) is 5.32 Å². The van der Waals surface area contributed by atoms with Gasteiger partial charge in [0.05, 0.1) is 0 Å². The first-order valence-electron chi connectivity index (χ1n) is 7.83. The predicted octanol–water partition coefficient (Wildman–Crippen LogP) is 2.56. The van der Waals surface area contributed by atoms with E-state index in [0.29, 0.717) is 0 Å². The quantitative estimate of drug-likeness (QED) is 0.706. The lowest BCUT2D eigenvalue weighted by molar-refractivity contribution is -0.228. The minimum atomic E-state index is -0.976. The summed E-state index contributed by atoms with van der Waals surface area (Å²) in [5.41, 5.74) is -0.633. The number of alkyl carbamates (subject to hydrolysis) is 1. The van der Waals surface area contributed by atoms with E-state index >= 15 is 0 Å². The van der Waals surface area contributed by atoms with Crippen LogP contribution in [0.3, 0.4) is 0 Å². The number of carboxylic acids is 1. The first-order chi connectivity index (χ1) is 10.1. The minimum absolute atomic E-state index is 0.280. The van der Waals surface area contributed by atoms with Gasteiger partial charge in [-0.1, -0.05) is 0 Å². The van der Waals surface area contributed by atoms with Crippen LogP contribution in [0.25, 0.3) is 0 Å². The van der Waals surface area contributed by atoms with Gasteiger partial charge in [-0.15, -0.1) is 0 Å². The molecule has 0 aromatic rings. The molecule has 3 saturated carbocycles. The SMILES string of the molecule is COCCCC12CC(C(NC(=O)OC(C)(C)C)C(=O)O)(C1)C2. The number of carboxylic acid groups (broad SMARTS) is 1. The molecule has 2 N–H and O–H groups in total. The van der Waals surface area contributed by atoms with Crippen molar-refractivity contribution in [2.75, 3.05) is 13.7 Å². The molecule has 0 aromatic carbocycles. The summed E-state index contributed by atoms with van der Waals surface area (Å²) in [7, 11) is 1.69. The van der Waals surface area contributed by atoms with Gasteiger partial charge in [-0.3, -0.25) is 0 Å². The highest BCUT2D eigenvalue weighted by Gasteiger charge is 2.71. The van der Waals surface area contributed by atoms with E-state index in [0.717, 1.165) is 38.7 Å². The van der Waals surface area contributed by atoms with Gasteiger partial charge in [-0.05, 0) is 58.3 Å². The molecule has 0 spiro atoms. The summed E-state index contributed by atoms with van der Waals surface area (Å²) in [6, 6.07) is -0.855. The summed E-state index contributed by atoms with van der Waals surface area (Å²) in [5, 5.41) is 12.0. The van der Waals surface area contributed by atoms with Crippen LogP contribution < -0.4 is 5.32 Å².